The molecule has 0 fully saturated rings. The summed E-state index contributed by atoms with van der Waals surface area (Å²) in [7, 11) is 0. The molecule has 4 rings (SSSR count). The summed E-state index contributed by atoms with van der Waals surface area (Å²) in [6, 6.07) is 17.4. The number of aliphatic imine (C=N–C) groups is 1. The molecule has 0 spiro atoms. The van der Waals surface area contributed by atoms with E-state index in [2.05, 4.69) is 26.2 Å². The topological polar surface area (TPSA) is 70.7 Å². The maximum absolute atomic E-state index is 12.8. The third-order valence-electron chi connectivity index (χ3n) is 4.21. The molecule has 0 unspecified atom stereocenters. The van der Waals surface area contributed by atoms with Gasteiger partial charge < -0.3 is 16.0 Å². The molecule has 2 aromatic rings. The summed E-state index contributed by atoms with van der Waals surface area (Å²) in [5, 5.41) is 2.95. The minimum absolute atomic E-state index is 0.0777. The number of guanidine groups is 1. The average molecular weight is 383 g/mol. The molecule has 120 valence electrons. The summed E-state index contributed by atoms with van der Waals surface area (Å²) in [5.74, 6) is 0.194. The van der Waals surface area contributed by atoms with Crippen LogP contribution in [0.15, 0.2) is 75.3 Å². The van der Waals surface area contributed by atoms with E-state index in [-0.39, 0.29) is 17.9 Å². The Morgan fingerprint density at radius 2 is 1.83 bits per heavy atom. The Hall–Kier alpha value is -2.60. The zero-order valence-electron chi connectivity index (χ0n) is 12.7. The summed E-state index contributed by atoms with van der Waals surface area (Å²) >= 11 is 3.42. The van der Waals surface area contributed by atoms with Gasteiger partial charge in [0, 0.05) is 15.7 Å². The predicted octanol–water partition coefficient (Wildman–Crippen LogP) is 2.71. The quantitative estimate of drug-likeness (QED) is 0.838. The molecule has 2 aromatic carbocycles. The predicted molar refractivity (Wildman–Crippen MR) is 97.5 cm³/mol. The highest BCUT2D eigenvalue weighted by molar-refractivity contribution is 9.10. The number of nitrogens with two attached hydrogens (primary N) is 1. The molecule has 1 atom stereocenters. The number of amides is 1. The number of nitrogens with zero attached hydrogens (tertiary/aromatic N) is 2. The van der Waals surface area contributed by atoms with Crippen molar-refractivity contribution in [2.75, 3.05) is 11.4 Å². The lowest BCUT2D eigenvalue weighted by Gasteiger charge is -2.21. The van der Waals surface area contributed by atoms with Crippen LogP contribution in [0.4, 0.5) is 5.69 Å². The van der Waals surface area contributed by atoms with Gasteiger partial charge in [-0.05, 0) is 29.8 Å². The molecule has 0 saturated heterocycles. The van der Waals surface area contributed by atoms with Gasteiger partial charge in [0.05, 0.1) is 6.54 Å². The number of benzene rings is 2. The largest absolute Gasteiger partial charge is 0.370 e. The standard InChI is InChI=1S/C18H15BrN4O/c19-12-6-8-13(9-7-12)23-10-14-15(11-4-2-1-3-5-11)21-18(20)22-16(14)17(23)24/h1-9,15H,10H2,(H3,20,21,22)/t15-/m1/s1. The minimum Gasteiger partial charge on any atom is -0.370 e. The number of rotatable bonds is 2. The third-order valence-corrected chi connectivity index (χ3v) is 4.74. The molecule has 0 radical (unpaired) electrons. The van der Waals surface area contributed by atoms with E-state index in [1.54, 1.807) is 4.90 Å². The number of anilines is 1. The number of carbonyl (C=O) groups excluding carboxylic acids is 1. The Morgan fingerprint density at radius 3 is 2.54 bits per heavy atom. The van der Waals surface area contributed by atoms with Crippen LogP contribution in [-0.2, 0) is 4.79 Å². The first-order valence-corrected chi connectivity index (χ1v) is 8.38. The van der Waals surface area contributed by atoms with Crippen molar-refractivity contribution in [3.63, 3.8) is 0 Å². The van der Waals surface area contributed by atoms with Gasteiger partial charge in [0.15, 0.2) is 5.96 Å². The molecule has 5 nitrogen and oxygen atoms in total. The summed E-state index contributed by atoms with van der Waals surface area (Å²) < 4.78 is 0.975. The molecule has 0 aliphatic carbocycles. The van der Waals surface area contributed by atoms with Gasteiger partial charge in [-0.3, -0.25) is 4.79 Å². The first-order chi connectivity index (χ1) is 11.6. The summed E-state index contributed by atoms with van der Waals surface area (Å²) in [6.07, 6.45) is 0. The van der Waals surface area contributed by atoms with E-state index in [0.717, 1.165) is 21.3 Å². The maximum atomic E-state index is 12.8. The summed E-state index contributed by atoms with van der Waals surface area (Å²) in [5.41, 5.74) is 9.28. The second-order valence-corrected chi connectivity index (χ2v) is 6.64. The van der Waals surface area contributed by atoms with Gasteiger partial charge in [0.2, 0.25) is 0 Å². The van der Waals surface area contributed by atoms with E-state index >= 15 is 0 Å². The average Bonchev–Trinajstić information content (AvgIpc) is 2.93. The van der Waals surface area contributed by atoms with E-state index in [4.69, 9.17) is 5.73 Å². The van der Waals surface area contributed by atoms with Crippen LogP contribution in [0, 0.1) is 0 Å². The van der Waals surface area contributed by atoms with E-state index in [0.29, 0.717) is 12.2 Å². The number of hydrogen-bond donors (Lipinski definition) is 2. The fourth-order valence-electron chi connectivity index (χ4n) is 3.07. The molecule has 6 heteroatoms. The molecular weight excluding hydrogens is 368 g/mol. The fraction of sp³-hybridized carbons (Fsp3) is 0.111. The first kappa shape index (κ1) is 15.0. The number of carbonyl (C=O) groups is 1. The van der Waals surface area contributed by atoms with Crippen LogP contribution in [0.25, 0.3) is 0 Å². The Balaban J connectivity index is 1.71. The highest BCUT2D eigenvalue weighted by Gasteiger charge is 2.38. The van der Waals surface area contributed by atoms with Crippen molar-refractivity contribution in [1.29, 1.82) is 0 Å². The van der Waals surface area contributed by atoms with Gasteiger partial charge in [-0.15, -0.1) is 0 Å². The van der Waals surface area contributed by atoms with Gasteiger partial charge in [-0.25, -0.2) is 4.99 Å². The zero-order valence-corrected chi connectivity index (χ0v) is 14.3. The molecule has 0 aromatic heterocycles. The smallest absolute Gasteiger partial charge is 0.275 e. The maximum Gasteiger partial charge on any atom is 0.275 e. The van der Waals surface area contributed by atoms with Crippen LogP contribution in [0.5, 0.6) is 0 Å². The van der Waals surface area contributed by atoms with Crippen molar-refractivity contribution in [2.24, 2.45) is 10.7 Å². The molecule has 2 aliphatic heterocycles. The van der Waals surface area contributed by atoms with Gasteiger partial charge >= 0.3 is 0 Å². The summed E-state index contributed by atoms with van der Waals surface area (Å²) in [6.45, 7) is 0.499. The van der Waals surface area contributed by atoms with Crippen LogP contribution in [0.2, 0.25) is 0 Å². The van der Waals surface area contributed by atoms with Gasteiger partial charge in [-0.2, -0.15) is 0 Å². The molecule has 0 saturated carbocycles. The van der Waals surface area contributed by atoms with Gasteiger partial charge in [0.25, 0.3) is 5.91 Å². The SMILES string of the molecule is NC1=N[C@H](c2ccccc2)C2=C(N1)C(=O)N(c1ccc(Br)cc1)C2. The zero-order chi connectivity index (χ0) is 16.7. The first-order valence-electron chi connectivity index (χ1n) is 7.59. The summed E-state index contributed by atoms with van der Waals surface area (Å²) in [4.78, 5) is 19.1. The van der Waals surface area contributed by atoms with Crippen LogP contribution in [-0.4, -0.2) is 18.4 Å². The molecular formula is C18H15BrN4O. The van der Waals surface area contributed by atoms with Gasteiger partial charge in [-0.1, -0.05) is 46.3 Å². The third kappa shape index (κ3) is 2.49. The monoisotopic (exact) mass is 382 g/mol. The highest BCUT2D eigenvalue weighted by Crippen LogP contribution is 2.36. The minimum atomic E-state index is -0.230. The Labute approximate surface area is 148 Å². The highest BCUT2D eigenvalue weighted by atomic mass is 79.9. The van der Waals surface area contributed by atoms with E-state index in [9.17, 15) is 4.79 Å². The lowest BCUT2D eigenvalue weighted by atomic mass is 9.97. The number of nitrogens with one attached hydrogen (secondary N) is 1. The van der Waals surface area contributed by atoms with Crippen LogP contribution >= 0.6 is 15.9 Å². The normalized spacial score (nSPS) is 19.9. The second kappa shape index (κ2) is 5.79. The molecule has 2 aliphatic rings. The van der Waals surface area contributed by atoms with Crippen LogP contribution < -0.4 is 16.0 Å². The van der Waals surface area contributed by atoms with Crippen molar-refractivity contribution in [3.8, 4) is 0 Å². The van der Waals surface area contributed by atoms with E-state index in [1.165, 1.54) is 0 Å². The lowest BCUT2D eigenvalue weighted by Crippen LogP contribution is -2.38. The fourth-order valence-corrected chi connectivity index (χ4v) is 3.33. The Morgan fingerprint density at radius 1 is 1.12 bits per heavy atom. The van der Waals surface area contributed by atoms with Crippen molar-refractivity contribution >= 4 is 33.5 Å². The van der Waals surface area contributed by atoms with Crippen LogP contribution in [0.3, 0.4) is 0 Å². The Kier molecular flexibility index (Phi) is 3.61. The lowest BCUT2D eigenvalue weighted by molar-refractivity contribution is -0.114. The molecule has 2 heterocycles. The van der Waals surface area contributed by atoms with E-state index in [1.807, 2.05) is 54.6 Å². The van der Waals surface area contributed by atoms with Gasteiger partial charge in [0.1, 0.15) is 11.7 Å². The Bertz CT molecular complexity index is 858. The number of halogens is 1. The van der Waals surface area contributed by atoms with Crippen molar-refractivity contribution < 1.29 is 4.79 Å². The van der Waals surface area contributed by atoms with Crippen molar-refractivity contribution in [3.05, 3.63) is 75.9 Å². The van der Waals surface area contributed by atoms with Crippen LogP contribution in [0.1, 0.15) is 11.6 Å². The van der Waals surface area contributed by atoms with Crippen molar-refractivity contribution in [1.82, 2.24) is 5.32 Å². The number of hydrogen-bond acceptors (Lipinski definition) is 4. The molecule has 0 bridgehead atoms. The molecule has 1 amide bonds. The second-order valence-electron chi connectivity index (χ2n) is 5.72. The molecule has 24 heavy (non-hydrogen) atoms. The van der Waals surface area contributed by atoms with Crippen molar-refractivity contribution in [2.45, 2.75) is 6.04 Å². The molecule has 3 N–H and O–H groups in total. The van der Waals surface area contributed by atoms with E-state index < -0.39 is 0 Å².